The molecule has 22 heavy (non-hydrogen) atoms. The van der Waals surface area contributed by atoms with Gasteiger partial charge in [0.25, 0.3) is 0 Å². The van der Waals surface area contributed by atoms with Gasteiger partial charge in [0.15, 0.2) is 11.6 Å². The Bertz CT molecular complexity index is 699. The summed E-state index contributed by atoms with van der Waals surface area (Å²) in [5.41, 5.74) is 0.656. The van der Waals surface area contributed by atoms with Crippen molar-refractivity contribution in [1.82, 2.24) is 9.78 Å². The Morgan fingerprint density at radius 2 is 1.95 bits per heavy atom. The molecule has 1 aromatic carbocycles. The van der Waals surface area contributed by atoms with Crippen molar-refractivity contribution >= 4 is 23.4 Å². The van der Waals surface area contributed by atoms with E-state index in [1.807, 2.05) is 0 Å². The Balaban J connectivity index is 2.10. The van der Waals surface area contributed by atoms with Crippen molar-refractivity contribution in [2.45, 2.75) is 0 Å². The van der Waals surface area contributed by atoms with Crippen molar-refractivity contribution in [2.75, 3.05) is 24.3 Å². The third-order valence-corrected chi connectivity index (χ3v) is 2.88. The van der Waals surface area contributed by atoms with Gasteiger partial charge in [0.1, 0.15) is 5.69 Å². The molecule has 5 nitrogen and oxygen atoms in total. The third kappa shape index (κ3) is 3.69. The van der Waals surface area contributed by atoms with E-state index in [2.05, 4.69) is 10.4 Å². The van der Waals surface area contributed by atoms with Crippen LogP contribution in [0.15, 0.2) is 30.6 Å². The molecule has 1 N–H and O–H groups in total. The molecule has 2 aromatic rings. The zero-order valence-electron chi connectivity index (χ0n) is 12.5. The molecule has 1 amide bonds. The Morgan fingerprint density at radius 3 is 2.45 bits per heavy atom. The molecule has 0 aliphatic carbocycles. The Hall–Kier alpha value is -2.70. The predicted octanol–water partition coefficient (Wildman–Crippen LogP) is 2.42. The summed E-state index contributed by atoms with van der Waals surface area (Å²) < 4.78 is 29.2. The highest BCUT2D eigenvalue weighted by molar-refractivity contribution is 6.02. The van der Waals surface area contributed by atoms with E-state index >= 15 is 0 Å². The van der Waals surface area contributed by atoms with Gasteiger partial charge in [-0.05, 0) is 18.2 Å². The highest BCUT2D eigenvalue weighted by Gasteiger charge is 2.13. The topological polar surface area (TPSA) is 50.2 Å². The average Bonchev–Trinajstić information content (AvgIpc) is 2.81. The second kappa shape index (κ2) is 6.38. The van der Waals surface area contributed by atoms with Crippen molar-refractivity contribution in [3.05, 3.63) is 47.8 Å². The van der Waals surface area contributed by atoms with Gasteiger partial charge in [-0.1, -0.05) is 0 Å². The number of nitrogens with zero attached hydrogens (tertiary/aromatic N) is 3. The standard InChI is InChI=1S/C15H16F2N4O/c1-20(2)15-12(16)6-11(7-13(15)17)19-14(22)5-4-10-8-18-21(3)9-10/h4-9H,1-3H3,(H,19,22)/b5-4+. The second-order valence-electron chi connectivity index (χ2n) is 4.95. The largest absolute Gasteiger partial charge is 0.373 e. The molecule has 116 valence electrons. The average molecular weight is 306 g/mol. The van der Waals surface area contributed by atoms with E-state index in [0.29, 0.717) is 0 Å². The number of amides is 1. The fraction of sp³-hybridized carbons (Fsp3) is 0.200. The van der Waals surface area contributed by atoms with E-state index in [1.165, 1.54) is 25.1 Å². The number of anilines is 2. The summed E-state index contributed by atoms with van der Waals surface area (Å²) in [7, 11) is 4.84. The van der Waals surface area contributed by atoms with Gasteiger partial charge < -0.3 is 10.2 Å². The van der Waals surface area contributed by atoms with E-state index in [9.17, 15) is 13.6 Å². The fourth-order valence-corrected chi connectivity index (χ4v) is 1.95. The van der Waals surface area contributed by atoms with E-state index in [4.69, 9.17) is 0 Å². The fourth-order valence-electron chi connectivity index (χ4n) is 1.95. The predicted molar refractivity (Wildman–Crippen MR) is 81.6 cm³/mol. The number of carbonyl (C=O) groups is 1. The molecule has 2 rings (SSSR count). The lowest BCUT2D eigenvalue weighted by Gasteiger charge is -2.15. The molecule has 0 saturated heterocycles. The van der Waals surface area contributed by atoms with Gasteiger partial charge in [0.2, 0.25) is 5.91 Å². The summed E-state index contributed by atoms with van der Waals surface area (Å²) in [4.78, 5) is 13.1. The van der Waals surface area contributed by atoms with Crippen molar-refractivity contribution in [3.8, 4) is 0 Å². The smallest absolute Gasteiger partial charge is 0.248 e. The summed E-state index contributed by atoms with van der Waals surface area (Å²) in [6, 6.07) is 2.16. The molecule has 0 aliphatic rings. The Kier molecular flexibility index (Phi) is 4.55. The van der Waals surface area contributed by atoms with Crippen molar-refractivity contribution < 1.29 is 13.6 Å². The van der Waals surface area contributed by atoms with Gasteiger partial charge in [-0.3, -0.25) is 9.48 Å². The van der Waals surface area contributed by atoms with Crippen LogP contribution in [0.3, 0.4) is 0 Å². The van der Waals surface area contributed by atoms with Crippen LogP contribution in [0.1, 0.15) is 5.56 Å². The lowest BCUT2D eigenvalue weighted by Crippen LogP contribution is -2.14. The monoisotopic (exact) mass is 306 g/mol. The normalized spacial score (nSPS) is 11.0. The van der Waals surface area contributed by atoms with Crippen LogP contribution in [0, 0.1) is 11.6 Å². The molecule has 0 aliphatic heterocycles. The number of benzene rings is 1. The molecule has 0 fully saturated rings. The van der Waals surface area contributed by atoms with Gasteiger partial charge >= 0.3 is 0 Å². The van der Waals surface area contributed by atoms with Crippen LogP contribution in [0.25, 0.3) is 6.08 Å². The lowest BCUT2D eigenvalue weighted by atomic mass is 10.2. The number of rotatable bonds is 4. The molecule has 1 heterocycles. The number of hydrogen-bond acceptors (Lipinski definition) is 3. The number of aromatic nitrogens is 2. The van der Waals surface area contributed by atoms with Gasteiger partial charge in [0, 0.05) is 44.7 Å². The quantitative estimate of drug-likeness (QED) is 0.883. The number of halogens is 2. The van der Waals surface area contributed by atoms with Crippen LogP contribution in [0.2, 0.25) is 0 Å². The Morgan fingerprint density at radius 1 is 1.32 bits per heavy atom. The maximum atomic E-state index is 13.8. The zero-order valence-corrected chi connectivity index (χ0v) is 12.5. The minimum Gasteiger partial charge on any atom is -0.373 e. The summed E-state index contributed by atoms with van der Waals surface area (Å²) in [5, 5.41) is 6.37. The van der Waals surface area contributed by atoms with E-state index in [1.54, 1.807) is 30.2 Å². The minimum atomic E-state index is -0.739. The first-order valence-electron chi connectivity index (χ1n) is 6.51. The van der Waals surface area contributed by atoms with Crippen LogP contribution in [0.4, 0.5) is 20.2 Å². The first-order chi connectivity index (χ1) is 10.4. The molecular formula is C15H16F2N4O. The lowest BCUT2D eigenvalue weighted by molar-refractivity contribution is -0.111. The second-order valence-corrected chi connectivity index (χ2v) is 4.95. The van der Waals surface area contributed by atoms with Crippen LogP contribution in [-0.4, -0.2) is 29.8 Å². The number of aryl methyl sites for hydroxylation is 1. The highest BCUT2D eigenvalue weighted by atomic mass is 19.1. The van der Waals surface area contributed by atoms with Gasteiger partial charge in [-0.2, -0.15) is 5.10 Å². The molecule has 0 saturated carbocycles. The molecule has 0 radical (unpaired) electrons. The van der Waals surface area contributed by atoms with E-state index in [-0.39, 0.29) is 11.4 Å². The van der Waals surface area contributed by atoms with Crippen molar-refractivity contribution in [1.29, 1.82) is 0 Å². The van der Waals surface area contributed by atoms with Crippen LogP contribution in [0.5, 0.6) is 0 Å². The van der Waals surface area contributed by atoms with Crippen LogP contribution < -0.4 is 10.2 Å². The maximum Gasteiger partial charge on any atom is 0.248 e. The zero-order chi connectivity index (χ0) is 16.3. The maximum absolute atomic E-state index is 13.8. The SMILES string of the molecule is CN(C)c1c(F)cc(NC(=O)/C=C/c2cnn(C)c2)cc1F. The van der Waals surface area contributed by atoms with Gasteiger partial charge in [0.05, 0.1) is 6.20 Å². The molecular weight excluding hydrogens is 290 g/mol. The van der Waals surface area contributed by atoms with Crippen LogP contribution in [-0.2, 0) is 11.8 Å². The number of carbonyl (C=O) groups excluding carboxylic acids is 1. The summed E-state index contributed by atoms with van der Waals surface area (Å²) in [6.07, 6.45) is 6.15. The summed E-state index contributed by atoms with van der Waals surface area (Å²) in [6.45, 7) is 0. The number of hydrogen-bond donors (Lipinski definition) is 1. The first kappa shape index (κ1) is 15.7. The summed E-state index contributed by atoms with van der Waals surface area (Å²) >= 11 is 0. The van der Waals surface area contributed by atoms with E-state index < -0.39 is 17.5 Å². The number of nitrogens with one attached hydrogen (secondary N) is 1. The molecule has 7 heteroatoms. The van der Waals surface area contributed by atoms with Gasteiger partial charge in [-0.15, -0.1) is 0 Å². The van der Waals surface area contributed by atoms with Crippen molar-refractivity contribution in [3.63, 3.8) is 0 Å². The molecule has 0 bridgehead atoms. The third-order valence-electron chi connectivity index (χ3n) is 2.88. The molecule has 0 unspecified atom stereocenters. The highest BCUT2D eigenvalue weighted by Crippen LogP contribution is 2.25. The molecule has 0 atom stereocenters. The van der Waals surface area contributed by atoms with Crippen molar-refractivity contribution in [2.24, 2.45) is 7.05 Å². The van der Waals surface area contributed by atoms with Crippen LogP contribution >= 0.6 is 0 Å². The van der Waals surface area contributed by atoms with Gasteiger partial charge in [-0.25, -0.2) is 8.78 Å². The molecule has 0 spiro atoms. The molecule has 1 aromatic heterocycles. The van der Waals surface area contributed by atoms with E-state index in [0.717, 1.165) is 17.7 Å². The Labute approximate surface area is 126 Å². The summed E-state index contributed by atoms with van der Waals surface area (Å²) in [5.74, 6) is -1.96. The minimum absolute atomic E-state index is 0.0569. The first-order valence-corrected chi connectivity index (χ1v) is 6.51.